The zero-order valence-electron chi connectivity index (χ0n) is 12.9. The van der Waals surface area contributed by atoms with Crippen molar-refractivity contribution in [1.82, 2.24) is 10.6 Å². The lowest BCUT2D eigenvalue weighted by molar-refractivity contribution is -0.124. The van der Waals surface area contributed by atoms with E-state index in [1.165, 1.54) is 30.4 Å². The Morgan fingerprint density at radius 1 is 1.29 bits per heavy atom. The first-order valence-electron chi connectivity index (χ1n) is 8.36. The molecule has 1 saturated carbocycles. The van der Waals surface area contributed by atoms with E-state index in [-0.39, 0.29) is 11.9 Å². The highest BCUT2D eigenvalue weighted by atomic mass is 16.2. The molecule has 0 bridgehead atoms. The number of rotatable bonds is 3. The molecule has 2 aliphatic rings. The Labute approximate surface area is 127 Å². The summed E-state index contributed by atoms with van der Waals surface area (Å²) in [7, 11) is 0. The van der Waals surface area contributed by atoms with Crippen molar-refractivity contribution in [3.63, 3.8) is 0 Å². The quantitative estimate of drug-likeness (QED) is 0.897. The van der Waals surface area contributed by atoms with Gasteiger partial charge in [-0.3, -0.25) is 4.79 Å². The van der Waals surface area contributed by atoms with E-state index in [9.17, 15) is 4.79 Å². The van der Waals surface area contributed by atoms with Gasteiger partial charge in [0.2, 0.25) is 5.91 Å². The van der Waals surface area contributed by atoms with Gasteiger partial charge in [-0.1, -0.05) is 50.5 Å². The van der Waals surface area contributed by atoms with Crippen LogP contribution in [0.2, 0.25) is 0 Å². The molecular formula is C18H26N2O. The Morgan fingerprint density at radius 3 is 2.90 bits per heavy atom. The maximum absolute atomic E-state index is 12.5. The molecule has 0 radical (unpaired) electrons. The molecule has 114 valence electrons. The van der Waals surface area contributed by atoms with E-state index >= 15 is 0 Å². The number of amides is 1. The molecule has 3 rings (SSSR count). The number of carbonyl (C=O) groups excluding carboxylic acids is 1. The van der Waals surface area contributed by atoms with Crippen molar-refractivity contribution in [2.24, 2.45) is 5.92 Å². The first-order valence-corrected chi connectivity index (χ1v) is 8.36. The van der Waals surface area contributed by atoms with E-state index in [4.69, 9.17) is 0 Å². The van der Waals surface area contributed by atoms with E-state index in [1.54, 1.807) is 0 Å². The van der Waals surface area contributed by atoms with Gasteiger partial charge in [-0.05, 0) is 36.3 Å². The second kappa shape index (κ2) is 6.61. The van der Waals surface area contributed by atoms with E-state index in [0.29, 0.717) is 6.04 Å². The van der Waals surface area contributed by atoms with Crippen LogP contribution >= 0.6 is 0 Å². The summed E-state index contributed by atoms with van der Waals surface area (Å²) in [4.78, 5) is 12.5. The first-order chi connectivity index (χ1) is 10.3. The topological polar surface area (TPSA) is 41.1 Å². The van der Waals surface area contributed by atoms with Gasteiger partial charge in [0.15, 0.2) is 0 Å². The highest BCUT2D eigenvalue weighted by Gasteiger charge is 2.27. The Morgan fingerprint density at radius 2 is 2.10 bits per heavy atom. The van der Waals surface area contributed by atoms with Crippen molar-refractivity contribution in [3.8, 4) is 0 Å². The van der Waals surface area contributed by atoms with Crippen molar-refractivity contribution in [3.05, 3.63) is 35.4 Å². The molecule has 1 aliphatic carbocycles. The van der Waals surface area contributed by atoms with Crippen LogP contribution in [0.25, 0.3) is 0 Å². The van der Waals surface area contributed by atoms with Crippen molar-refractivity contribution in [1.29, 1.82) is 0 Å². The van der Waals surface area contributed by atoms with Gasteiger partial charge in [0.1, 0.15) is 0 Å². The second-order valence-electron chi connectivity index (χ2n) is 6.55. The summed E-state index contributed by atoms with van der Waals surface area (Å²) < 4.78 is 0. The van der Waals surface area contributed by atoms with Gasteiger partial charge >= 0.3 is 0 Å². The lowest BCUT2D eigenvalue weighted by Gasteiger charge is -2.32. The predicted molar refractivity (Wildman–Crippen MR) is 85.0 cm³/mol. The Kier molecular flexibility index (Phi) is 4.59. The minimum absolute atomic E-state index is 0.0677. The average molecular weight is 286 g/mol. The fourth-order valence-corrected chi connectivity index (χ4v) is 3.73. The van der Waals surface area contributed by atoms with Crippen LogP contribution < -0.4 is 10.6 Å². The minimum atomic E-state index is -0.0677. The molecule has 2 unspecified atom stereocenters. The minimum Gasteiger partial charge on any atom is -0.352 e. The smallest absolute Gasteiger partial charge is 0.237 e. The second-order valence-corrected chi connectivity index (χ2v) is 6.55. The van der Waals surface area contributed by atoms with Crippen LogP contribution in [0, 0.1) is 5.92 Å². The fourth-order valence-electron chi connectivity index (χ4n) is 3.73. The lowest BCUT2D eigenvalue weighted by Crippen LogP contribution is -2.51. The number of nitrogens with one attached hydrogen (secondary N) is 2. The van der Waals surface area contributed by atoms with E-state index in [1.807, 2.05) is 0 Å². The molecule has 0 spiro atoms. The zero-order chi connectivity index (χ0) is 14.7. The highest BCUT2D eigenvalue weighted by Crippen LogP contribution is 2.26. The van der Waals surface area contributed by atoms with Crippen LogP contribution in [-0.2, 0) is 17.8 Å². The number of hydrogen-bond donors (Lipinski definition) is 2. The van der Waals surface area contributed by atoms with Crippen LogP contribution in [0.4, 0.5) is 0 Å². The summed E-state index contributed by atoms with van der Waals surface area (Å²) >= 11 is 0. The molecule has 0 saturated heterocycles. The van der Waals surface area contributed by atoms with Crippen molar-refractivity contribution in [2.45, 2.75) is 64.1 Å². The third-order valence-corrected chi connectivity index (χ3v) is 5.10. The fraction of sp³-hybridized carbons (Fsp3) is 0.611. The monoisotopic (exact) mass is 286 g/mol. The standard InChI is InChI=1S/C18H26N2O/c1-2-13-6-5-9-16(10-13)20-18(21)17-11-14-7-3-4-8-15(14)12-19-17/h3-4,7-8,13,16-17,19H,2,5-6,9-12H2,1H3,(H,20,21)/t13?,16?,17-/m0/s1. The predicted octanol–water partition coefficient (Wildman–Crippen LogP) is 2.79. The first kappa shape index (κ1) is 14.6. The number of benzene rings is 1. The average Bonchev–Trinajstić information content (AvgIpc) is 2.54. The lowest BCUT2D eigenvalue weighted by atomic mass is 9.84. The molecular weight excluding hydrogens is 260 g/mol. The summed E-state index contributed by atoms with van der Waals surface area (Å²) in [5.74, 6) is 0.982. The largest absolute Gasteiger partial charge is 0.352 e. The number of hydrogen-bond acceptors (Lipinski definition) is 2. The maximum atomic E-state index is 12.5. The summed E-state index contributed by atoms with van der Waals surface area (Å²) in [6.07, 6.45) is 6.94. The Hall–Kier alpha value is -1.35. The molecule has 1 aliphatic heterocycles. The highest BCUT2D eigenvalue weighted by molar-refractivity contribution is 5.82. The maximum Gasteiger partial charge on any atom is 0.237 e. The van der Waals surface area contributed by atoms with Crippen LogP contribution in [0.5, 0.6) is 0 Å². The van der Waals surface area contributed by atoms with Gasteiger partial charge in [-0.2, -0.15) is 0 Å². The Balaban J connectivity index is 1.57. The summed E-state index contributed by atoms with van der Waals surface area (Å²) in [5.41, 5.74) is 2.64. The van der Waals surface area contributed by atoms with Crippen LogP contribution in [0.15, 0.2) is 24.3 Å². The van der Waals surface area contributed by atoms with Crippen LogP contribution in [-0.4, -0.2) is 18.0 Å². The molecule has 0 aromatic heterocycles. The van der Waals surface area contributed by atoms with E-state index in [0.717, 1.165) is 31.7 Å². The Bertz CT molecular complexity index is 500. The third-order valence-electron chi connectivity index (χ3n) is 5.10. The van der Waals surface area contributed by atoms with Gasteiger partial charge in [-0.25, -0.2) is 0 Å². The van der Waals surface area contributed by atoms with E-state index in [2.05, 4.69) is 41.8 Å². The number of fused-ring (bicyclic) bond motifs is 1. The molecule has 1 aromatic rings. The van der Waals surface area contributed by atoms with Gasteiger partial charge in [0.05, 0.1) is 6.04 Å². The number of carbonyl (C=O) groups is 1. The molecule has 1 fully saturated rings. The summed E-state index contributed by atoms with van der Waals surface area (Å²) in [5, 5.41) is 6.66. The third kappa shape index (κ3) is 3.46. The molecule has 1 heterocycles. The summed E-state index contributed by atoms with van der Waals surface area (Å²) in [6.45, 7) is 3.06. The zero-order valence-corrected chi connectivity index (χ0v) is 12.9. The molecule has 21 heavy (non-hydrogen) atoms. The van der Waals surface area contributed by atoms with Gasteiger partial charge in [-0.15, -0.1) is 0 Å². The normalized spacial score (nSPS) is 28.7. The SMILES string of the molecule is CCC1CCCC(NC(=O)[C@@H]2Cc3ccccc3CN2)C1. The van der Waals surface area contributed by atoms with Crippen LogP contribution in [0.3, 0.4) is 0 Å². The molecule has 1 aromatic carbocycles. The van der Waals surface area contributed by atoms with E-state index < -0.39 is 0 Å². The van der Waals surface area contributed by atoms with Gasteiger partial charge < -0.3 is 10.6 Å². The summed E-state index contributed by atoms with van der Waals surface area (Å²) in [6, 6.07) is 8.73. The van der Waals surface area contributed by atoms with Crippen LogP contribution in [0.1, 0.15) is 50.2 Å². The molecule has 2 N–H and O–H groups in total. The van der Waals surface area contributed by atoms with Gasteiger partial charge in [0, 0.05) is 12.6 Å². The molecule has 3 atom stereocenters. The van der Waals surface area contributed by atoms with Crippen molar-refractivity contribution in [2.75, 3.05) is 0 Å². The molecule has 3 heteroatoms. The van der Waals surface area contributed by atoms with Crippen molar-refractivity contribution < 1.29 is 4.79 Å². The van der Waals surface area contributed by atoms with Crippen molar-refractivity contribution >= 4 is 5.91 Å². The van der Waals surface area contributed by atoms with Gasteiger partial charge in [0.25, 0.3) is 0 Å². The molecule has 3 nitrogen and oxygen atoms in total. The molecule has 1 amide bonds.